The molecular weight excluding hydrogens is 398 g/mol. The largest absolute Gasteiger partial charge is 0.495 e. The number of rotatable bonds is 7. The molecule has 3 rings (SSSR count). The van der Waals surface area contributed by atoms with E-state index in [0.29, 0.717) is 34.7 Å². The molecule has 0 saturated heterocycles. The van der Waals surface area contributed by atoms with Gasteiger partial charge >= 0.3 is 0 Å². The molecule has 0 saturated carbocycles. The van der Waals surface area contributed by atoms with Crippen molar-refractivity contribution in [2.24, 2.45) is 0 Å². The number of amides is 1. The molecule has 0 aliphatic heterocycles. The number of hydrogen-bond acceptors (Lipinski definition) is 4. The lowest BCUT2D eigenvalue weighted by molar-refractivity contribution is 0.0946. The molecule has 6 heteroatoms. The van der Waals surface area contributed by atoms with Crippen LogP contribution < -0.4 is 19.5 Å². The van der Waals surface area contributed by atoms with Crippen molar-refractivity contribution in [2.75, 3.05) is 27.4 Å². The monoisotopic (exact) mass is 419 g/mol. The summed E-state index contributed by atoms with van der Waals surface area (Å²) < 4.78 is 17.0. The fourth-order valence-electron chi connectivity index (χ4n) is 3.07. The van der Waals surface area contributed by atoms with Crippen LogP contribution in [0.2, 0.25) is 0 Å². The Balaban J connectivity index is 1.54. The van der Waals surface area contributed by atoms with Gasteiger partial charge < -0.3 is 19.5 Å². The Bertz CT molecular complexity index is 781. The lowest BCUT2D eigenvalue weighted by atomic mass is 10.1. The van der Waals surface area contributed by atoms with E-state index in [1.165, 1.54) is 17.5 Å². The summed E-state index contributed by atoms with van der Waals surface area (Å²) in [6.45, 7) is 0.825. The molecule has 1 N–H and O–H groups in total. The van der Waals surface area contributed by atoms with Crippen LogP contribution in [0.5, 0.6) is 17.2 Å². The summed E-state index contributed by atoms with van der Waals surface area (Å²) in [6, 6.07) is 9.58. The third kappa shape index (κ3) is 4.12. The van der Waals surface area contributed by atoms with Crippen LogP contribution in [-0.2, 0) is 12.8 Å². The molecule has 0 unspecified atom stereocenters. The topological polar surface area (TPSA) is 56.8 Å². The molecule has 2 aromatic rings. The van der Waals surface area contributed by atoms with Gasteiger partial charge in [0.25, 0.3) is 5.91 Å². The summed E-state index contributed by atoms with van der Waals surface area (Å²) in [6.07, 6.45) is 3.50. The maximum atomic E-state index is 12.4. The van der Waals surface area contributed by atoms with Crippen LogP contribution in [0.25, 0.3) is 0 Å². The van der Waals surface area contributed by atoms with Crippen LogP contribution in [0.3, 0.4) is 0 Å². The fourth-order valence-corrected chi connectivity index (χ4v) is 3.63. The third-order valence-corrected chi connectivity index (χ3v) is 5.22. The summed E-state index contributed by atoms with van der Waals surface area (Å²) in [5.74, 6) is 1.74. The summed E-state index contributed by atoms with van der Waals surface area (Å²) >= 11 is 3.39. The highest BCUT2D eigenvalue weighted by Crippen LogP contribution is 2.35. The number of hydrogen-bond donors (Lipinski definition) is 1. The zero-order chi connectivity index (χ0) is 18.5. The minimum atomic E-state index is -0.202. The first kappa shape index (κ1) is 18.6. The van der Waals surface area contributed by atoms with Crippen LogP contribution >= 0.6 is 15.9 Å². The van der Waals surface area contributed by atoms with E-state index in [1.807, 2.05) is 6.07 Å². The van der Waals surface area contributed by atoms with Crippen molar-refractivity contribution in [3.05, 3.63) is 51.5 Å². The molecule has 0 aromatic heterocycles. The Morgan fingerprint density at radius 3 is 2.46 bits per heavy atom. The van der Waals surface area contributed by atoms with Crippen molar-refractivity contribution in [3.8, 4) is 17.2 Å². The lowest BCUT2D eigenvalue weighted by Crippen LogP contribution is -2.28. The van der Waals surface area contributed by atoms with E-state index in [0.717, 1.165) is 18.6 Å². The Hall–Kier alpha value is -2.21. The van der Waals surface area contributed by atoms with Gasteiger partial charge in [0.05, 0.1) is 20.8 Å². The molecule has 138 valence electrons. The van der Waals surface area contributed by atoms with E-state index in [-0.39, 0.29) is 5.91 Å². The number of benzene rings is 2. The molecule has 1 aliphatic rings. The first-order valence-electron chi connectivity index (χ1n) is 8.56. The van der Waals surface area contributed by atoms with Gasteiger partial charge in [-0.25, -0.2) is 0 Å². The maximum absolute atomic E-state index is 12.4. The Labute approximate surface area is 161 Å². The lowest BCUT2D eigenvalue weighted by Gasteiger charge is -2.12. The van der Waals surface area contributed by atoms with Crippen LogP contribution in [0, 0.1) is 0 Å². The molecule has 0 atom stereocenters. The molecule has 2 aromatic carbocycles. The van der Waals surface area contributed by atoms with E-state index in [9.17, 15) is 4.79 Å². The Morgan fingerprint density at radius 1 is 1.08 bits per heavy atom. The molecule has 0 radical (unpaired) electrons. The van der Waals surface area contributed by atoms with E-state index < -0.39 is 0 Å². The van der Waals surface area contributed by atoms with Crippen molar-refractivity contribution in [1.29, 1.82) is 0 Å². The highest BCUT2D eigenvalue weighted by molar-refractivity contribution is 9.10. The van der Waals surface area contributed by atoms with Gasteiger partial charge in [0, 0.05) is 5.56 Å². The van der Waals surface area contributed by atoms with Crippen molar-refractivity contribution in [2.45, 2.75) is 19.3 Å². The second-order valence-corrected chi connectivity index (χ2v) is 6.88. The third-order valence-electron chi connectivity index (χ3n) is 4.43. The average Bonchev–Trinajstić information content (AvgIpc) is 3.13. The van der Waals surface area contributed by atoms with Crippen molar-refractivity contribution in [1.82, 2.24) is 5.32 Å². The van der Waals surface area contributed by atoms with E-state index in [1.54, 1.807) is 26.4 Å². The van der Waals surface area contributed by atoms with Crippen molar-refractivity contribution in [3.63, 3.8) is 0 Å². The first-order chi connectivity index (χ1) is 12.6. The Morgan fingerprint density at radius 2 is 1.77 bits per heavy atom. The zero-order valence-corrected chi connectivity index (χ0v) is 16.5. The Kier molecular flexibility index (Phi) is 6.04. The number of nitrogens with one attached hydrogen (secondary N) is 1. The molecule has 0 spiro atoms. The van der Waals surface area contributed by atoms with E-state index in [2.05, 4.69) is 33.4 Å². The number of carbonyl (C=O) groups is 1. The minimum absolute atomic E-state index is 0.202. The highest BCUT2D eigenvalue weighted by Gasteiger charge is 2.15. The number of fused-ring (bicyclic) bond motifs is 1. The molecule has 1 aliphatic carbocycles. The van der Waals surface area contributed by atoms with Gasteiger partial charge in [-0.2, -0.15) is 0 Å². The minimum Gasteiger partial charge on any atom is -0.495 e. The van der Waals surface area contributed by atoms with E-state index >= 15 is 0 Å². The van der Waals surface area contributed by atoms with Crippen LogP contribution in [0.15, 0.2) is 34.8 Å². The highest BCUT2D eigenvalue weighted by atomic mass is 79.9. The van der Waals surface area contributed by atoms with Crippen LogP contribution in [0.1, 0.15) is 27.9 Å². The summed E-state index contributed by atoms with van der Waals surface area (Å²) in [4.78, 5) is 12.4. The summed E-state index contributed by atoms with van der Waals surface area (Å²) in [5, 5.41) is 2.85. The molecule has 5 nitrogen and oxygen atoms in total. The zero-order valence-electron chi connectivity index (χ0n) is 14.9. The standard InChI is InChI=1S/C20H22BrNO4/c1-24-17-11-15(12-18(25-2)19(17)21)20(23)22-8-9-26-16-7-6-13-4-3-5-14(13)10-16/h6-7,10-12H,3-5,8-9H2,1-2H3,(H,22,23). The van der Waals surface area contributed by atoms with Crippen molar-refractivity contribution < 1.29 is 19.0 Å². The predicted molar refractivity (Wildman–Crippen MR) is 104 cm³/mol. The van der Waals surface area contributed by atoms with Gasteiger partial charge in [-0.3, -0.25) is 4.79 Å². The second-order valence-electron chi connectivity index (χ2n) is 6.08. The van der Waals surface area contributed by atoms with Gasteiger partial charge in [0.2, 0.25) is 0 Å². The molecule has 0 bridgehead atoms. The van der Waals surface area contributed by atoms with Gasteiger partial charge in [-0.15, -0.1) is 0 Å². The number of halogens is 1. The molecule has 0 fully saturated rings. The van der Waals surface area contributed by atoms with Gasteiger partial charge in [0.15, 0.2) is 0 Å². The van der Waals surface area contributed by atoms with Gasteiger partial charge in [-0.05, 0) is 70.6 Å². The molecule has 1 amide bonds. The number of methoxy groups -OCH3 is 2. The fraction of sp³-hybridized carbons (Fsp3) is 0.350. The number of carbonyl (C=O) groups excluding carboxylic acids is 1. The van der Waals surface area contributed by atoms with Crippen LogP contribution in [-0.4, -0.2) is 33.3 Å². The average molecular weight is 420 g/mol. The second kappa shape index (κ2) is 8.45. The maximum Gasteiger partial charge on any atom is 0.251 e. The molecular formula is C20H22BrNO4. The molecule has 0 heterocycles. The predicted octanol–water partition coefficient (Wildman–Crippen LogP) is 3.76. The quantitative estimate of drug-likeness (QED) is 0.694. The summed E-state index contributed by atoms with van der Waals surface area (Å²) in [7, 11) is 3.09. The number of aryl methyl sites for hydroxylation is 2. The normalized spacial score (nSPS) is 12.4. The summed E-state index contributed by atoms with van der Waals surface area (Å²) in [5.41, 5.74) is 3.27. The number of ether oxygens (including phenoxy) is 3. The van der Waals surface area contributed by atoms with Crippen LogP contribution in [0.4, 0.5) is 0 Å². The SMILES string of the molecule is COc1cc(C(=O)NCCOc2ccc3c(c2)CCC3)cc(OC)c1Br. The van der Waals surface area contributed by atoms with Crippen molar-refractivity contribution >= 4 is 21.8 Å². The van der Waals surface area contributed by atoms with Gasteiger partial charge in [-0.1, -0.05) is 6.07 Å². The smallest absolute Gasteiger partial charge is 0.251 e. The first-order valence-corrected chi connectivity index (χ1v) is 9.36. The van der Waals surface area contributed by atoms with Gasteiger partial charge in [0.1, 0.15) is 28.3 Å². The van der Waals surface area contributed by atoms with E-state index in [4.69, 9.17) is 14.2 Å². The molecule has 26 heavy (non-hydrogen) atoms.